The van der Waals surface area contributed by atoms with Crippen molar-refractivity contribution in [1.29, 1.82) is 0 Å². The number of halogens is 1. The van der Waals surface area contributed by atoms with E-state index in [9.17, 15) is 4.79 Å². The summed E-state index contributed by atoms with van der Waals surface area (Å²) in [5, 5.41) is 9.73. The zero-order valence-corrected chi connectivity index (χ0v) is 19.7. The number of piperidine rings is 1. The van der Waals surface area contributed by atoms with Gasteiger partial charge in [-0.3, -0.25) is 14.7 Å². The maximum atomic E-state index is 11.8. The zero-order valence-electron chi connectivity index (χ0n) is 17.4. The Kier molecular flexibility index (Phi) is 12.1. The van der Waals surface area contributed by atoms with Gasteiger partial charge in [-0.1, -0.05) is 37.3 Å². The van der Waals surface area contributed by atoms with Crippen LogP contribution in [0.2, 0.25) is 0 Å². The topological polar surface area (TPSA) is 68.8 Å². The molecule has 0 aliphatic carbocycles. The molecule has 1 aliphatic rings. The minimum Gasteiger partial charge on any atom is -0.356 e. The molecule has 0 radical (unpaired) electrons. The smallest absolute Gasteiger partial charge is 0.221 e. The summed E-state index contributed by atoms with van der Waals surface area (Å²) in [6, 6.07) is 11.3. The molecular formula is C21H36IN5O. The predicted octanol–water partition coefficient (Wildman–Crippen LogP) is 2.74. The van der Waals surface area contributed by atoms with Gasteiger partial charge in [0.15, 0.2) is 5.96 Å². The second kappa shape index (κ2) is 13.8. The first-order valence-corrected chi connectivity index (χ1v) is 10.1. The zero-order chi connectivity index (χ0) is 19.5. The monoisotopic (exact) mass is 501 g/mol. The first kappa shape index (κ1) is 24.7. The first-order chi connectivity index (χ1) is 13.1. The van der Waals surface area contributed by atoms with Gasteiger partial charge in [-0.2, -0.15) is 0 Å². The molecule has 3 N–H and O–H groups in total. The van der Waals surface area contributed by atoms with Crippen molar-refractivity contribution in [3.63, 3.8) is 0 Å². The van der Waals surface area contributed by atoms with Gasteiger partial charge >= 0.3 is 0 Å². The molecule has 1 aromatic carbocycles. The molecule has 0 spiro atoms. The van der Waals surface area contributed by atoms with E-state index in [-0.39, 0.29) is 35.9 Å². The molecule has 1 atom stereocenters. The summed E-state index contributed by atoms with van der Waals surface area (Å²) in [5.41, 5.74) is 1.37. The molecule has 28 heavy (non-hydrogen) atoms. The van der Waals surface area contributed by atoms with Crippen LogP contribution in [0.4, 0.5) is 0 Å². The SMILES string of the molecule is CCC(C)NC(=O)CCNC(=NC)NC1CCN(Cc2ccccc2)CC1.I. The lowest BCUT2D eigenvalue weighted by atomic mass is 10.0. The Hall–Kier alpha value is -1.35. The van der Waals surface area contributed by atoms with E-state index in [1.54, 1.807) is 7.05 Å². The molecule has 6 nitrogen and oxygen atoms in total. The number of nitrogens with zero attached hydrogens (tertiary/aromatic N) is 2. The average molecular weight is 501 g/mol. The third kappa shape index (κ3) is 9.23. The van der Waals surface area contributed by atoms with Gasteiger partial charge < -0.3 is 16.0 Å². The number of aliphatic imine (C=N–C) groups is 1. The molecule has 158 valence electrons. The Balaban J connectivity index is 0.00000392. The van der Waals surface area contributed by atoms with Crippen molar-refractivity contribution < 1.29 is 4.79 Å². The highest BCUT2D eigenvalue weighted by atomic mass is 127. The van der Waals surface area contributed by atoms with E-state index in [4.69, 9.17) is 0 Å². The van der Waals surface area contributed by atoms with Crippen LogP contribution in [0.5, 0.6) is 0 Å². The summed E-state index contributed by atoms with van der Waals surface area (Å²) in [6.45, 7) is 7.87. The Morgan fingerprint density at radius 1 is 1.25 bits per heavy atom. The minimum atomic E-state index is 0. The number of benzene rings is 1. The van der Waals surface area contributed by atoms with Crippen LogP contribution in [0.3, 0.4) is 0 Å². The van der Waals surface area contributed by atoms with Crippen LogP contribution in [-0.2, 0) is 11.3 Å². The van der Waals surface area contributed by atoms with Crippen LogP contribution < -0.4 is 16.0 Å². The van der Waals surface area contributed by atoms with Crippen LogP contribution in [0.1, 0.15) is 45.1 Å². The first-order valence-electron chi connectivity index (χ1n) is 10.1. The Morgan fingerprint density at radius 3 is 2.54 bits per heavy atom. The Morgan fingerprint density at radius 2 is 1.93 bits per heavy atom. The minimum absolute atomic E-state index is 0. The molecule has 1 heterocycles. The van der Waals surface area contributed by atoms with Gasteiger partial charge in [-0.25, -0.2) is 0 Å². The van der Waals surface area contributed by atoms with Crippen LogP contribution in [0, 0.1) is 0 Å². The van der Waals surface area contributed by atoms with Gasteiger partial charge in [-0.05, 0) is 31.7 Å². The fourth-order valence-corrected chi connectivity index (χ4v) is 3.21. The summed E-state index contributed by atoms with van der Waals surface area (Å²) in [7, 11) is 1.78. The molecule has 1 aliphatic heterocycles. The number of nitrogens with one attached hydrogen (secondary N) is 3. The summed E-state index contributed by atoms with van der Waals surface area (Å²) < 4.78 is 0. The lowest BCUT2D eigenvalue weighted by molar-refractivity contribution is -0.121. The van der Waals surface area contributed by atoms with Crippen molar-refractivity contribution in [3.8, 4) is 0 Å². The standard InChI is InChI=1S/C21H35N5O.HI/c1-4-17(2)24-20(27)10-13-23-21(22-3)25-19-11-14-26(15-12-19)16-18-8-6-5-7-9-18;/h5-9,17,19H,4,10-16H2,1-3H3,(H,24,27)(H2,22,23,25);1H. The fourth-order valence-electron chi connectivity index (χ4n) is 3.21. The van der Waals surface area contributed by atoms with E-state index in [0.29, 0.717) is 19.0 Å². The molecule has 1 amide bonds. The maximum absolute atomic E-state index is 11.8. The van der Waals surface area contributed by atoms with E-state index >= 15 is 0 Å². The molecule has 7 heteroatoms. The molecule has 2 rings (SSSR count). The highest BCUT2D eigenvalue weighted by Crippen LogP contribution is 2.13. The summed E-state index contributed by atoms with van der Waals surface area (Å²) in [5.74, 6) is 0.870. The predicted molar refractivity (Wildman–Crippen MR) is 127 cm³/mol. The van der Waals surface area contributed by atoms with Crippen LogP contribution >= 0.6 is 24.0 Å². The molecule has 1 fully saturated rings. The molecule has 0 aromatic heterocycles. The van der Waals surface area contributed by atoms with Crippen LogP contribution in [-0.4, -0.2) is 55.5 Å². The van der Waals surface area contributed by atoms with E-state index < -0.39 is 0 Å². The summed E-state index contributed by atoms with van der Waals surface area (Å²) in [6.07, 6.45) is 3.61. The fraction of sp³-hybridized carbons (Fsp3) is 0.619. The Bertz CT molecular complexity index is 588. The van der Waals surface area contributed by atoms with Gasteiger partial charge in [0, 0.05) is 51.7 Å². The van der Waals surface area contributed by atoms with Gasteiger partial charge in [0.2, 0.25) is 5.91 Å². The molecule has 0 saturated carbocycles. The summed E-state index contributed by atoms with van der Waals surface area (Å²) >= 11 is 0. The molecule has 1 aromatic rings. The molecular weight excluding hydrogens is 465 g/mol. The Labute approximate surface area is 187 Å². The van der Waals surface area contributed by atoms with Gasteiger partial charge in [0.1, 0.15) is 0 Å². The van der Waals surface area contributed by atoms with E-state index in [0.717, 1.165) is 44.9 Å². The maximum Gasteiger partial charge on any atom is 0.221 e. The third-order valence-corrected chi connectivity index (χ3v) is 5.07. The summed E-state index contributed by atoms with van der Waals surface area (Å²) in [4.78, 5) is 18.6. The van der Waals surface area contributed by atoms with Gasteiger partial charge in [0.25, 0.3) is 0 Å². The van der Waals surface area contributed by atoms with Crippen LogP contribution in [0.15, 0.2) is 35.3 Å². The number of hydrogen-bond acceptors (Lipinski definition) is 3. The number of amides is 1. The number of carbonyl (C=O) groups excluding carboxylic acids is 1. The second-order valence-corrected chi connectivity index (χ2v) is 7.31. The molecule has 1 saturated heterocycles. The van der Waals surface area contributed by atoms with E-state index in [1.165, 1.54) is 5.56 Å². The third-order valence-electron chi connectivity index (χ3n) is 5.07. The average Bonchev–Trinajstić information content (AvgIpc) is 2.69. The highest BCUT2D eigenvalue weighted by Gasteiger charge is 2.20. The molecule has 1 unspecified atom stereocenters. The van der Waals surface area contributed by atoms with Crippen molar-refractivity contribution in [3.05, 3.63) is 35.9 Å². The normalized spacial score (nSPS) is 16.8. The van der Waals surface area contributed by atoms with E-state index in [1.807, 2.05) is 6.92 Å². The molecule has 0 bridgehead atoms. The lowest BCUT2D eigenvalue weighted by Gasteiger charge is -2.33. The van der Waals surface area contributed by atoms with Crippen molar-refractivity contribution in [2.75, 3.05) is 26.7 Å². The van der Waals surface area contributed by atoms with Crippen molar-refractivity contribution in [1.82, 2.24) is 20.9 Å². The number of rotatable bonds is 8. The van der Waals surface area contributed by atoms with Gasteiger partial charge in [0.05, 0.1) is 0 Å². The lowest BCUT2D eigenvalue weighted by Crippen LogP contribution is -2.49. The number of likely N-dealkylation sites (tertiary alicyclic amines) is 1. The number of carbonyl (C=O) groups is 1. The van der Waals surface area contributed by atoms with Gasteiger partial charge in [-0.15, -0.1) is 24.0 Å². The largest absolute Gasteiger partial charge is 0.356 e. The van der Waals surface area contributed by atoms with Crippen molar-refractivity contribution in [2.45, 2.75) is 58.2 Å². The van der Waals surface area contributed by atoms with Crippen molar-refractivity contribution in [2.24, 2.45) is 4.99 Å². The quantitative estimate of drug-likeness (QED) is 0.291. The highest BCUT2D eigenvalue weighted by molar-refractivity contribution is 14.0. The second-order valence-electron chi connectivity index (χ2n) is 7.31. The van der Waals surface area contributed by atoms with Crippen LogP contribution in [0.25, 0.3) is 0 Å². The van der Waals surface area contributed by atoms with Crippen molar-refractivity contribution >= 4 is 35.8 Å². The number of guanidine groups is 1. The number of hydrogen-bond donors (Lipinski definition) is 3. The van der Waals surface area contributed by atoms with E-state index in [2.05, 4.69) is 63.1 Å².